The number of ether oxygens (including phenoxy) is 1. The van der Waals surface area contributed by atoms with Crippen LogP contribution in [-0.4, -0.2) is 21.1 Å². The highest BCUT2D eigenvalue weighted by atomic mass is 32.2. The summed E-state index contributed by atoms with van der Waals surface area (Å²) >= 11 is 0. The number of sulfonamides is 1. The predicted molar refractivity (Wildman–Crippen MR) is 94.3 cm³/mol. The average molecular weight is 345 g/mol. The van der Waals surface area contributed by atoms with E-state index in [1.807, 2.05) is 30.3 Å². The quantitative estimate of drug-likeness (QED) is 0.875. The van der Waals surface area contributed by atoms with Gasteiger partial charge in [-0.05, 0) is 35.2 Å². The summed E-state index contributed by atoms with van der Waals surface area (Å²) in [6.45, 7) is 2.93. The van der Waals surface area contributed by atoms with Gasteiger partial charge < -0.3 is 4.74 Å². The number of rotatable bonds is 6. The summed E-state index contributed by atoms with van der Waals surface area (Å²) in [7, 11) is -3.50. The molecule has 2 aromatic carbocycles. The van der Waals surface area contributed by atoms with Crippen molar-refractivity contribution in [2.24, 2.45) is 0 Å². The fraction of sp³-hybridized carbons (Fsp3) is 0.368. The van der Waals surface area contributed by atoms with Crippen molar-refractivity contribution in [3.05, 3.63) is 65.2 Å². The van der Waals surface area contributed by atoms with Gasteiger partial charge in [-0.15, -0.1) is 0 Å². The Hall–Kier alpha value is -1.69. The van der Waals surface area contributed by atoms with Crippen LogP contribution in [0, 0.1) is 0 Å². The molecule has 4 nitrogen and oxygen atoms in total. The van der Waals surface area contributed by atoms with E-state index < -0.39 is 10.0 Å². The summed E-state index contributed by atoms with van der Waals surface area (Å²) in [6.07, 6.45) is 2.61. The lowest BCUT2D eigenvalue weighted by Gasteiger charge is -2.25. The molecule has 0 amide bonds. The van der Waals surface area contributed by atoms with Gasteiger partial charge in [0.1, 0.15) is 0 Å². The largest absolute Gasteiger partial charge is 0.372 e. The standard InChI is InChI=1S/C19H23NO3S/c1-2-5-15-8-10-19(11-9-15)24(21,22)20-13-18-12-16-6-3-4-7-17(16)14-23-18/h3-4,6-11,18,20H,2,5,12-14H2,1H3. The monoisotopic (exact) mass is 345 g/mol. The molecule has 128 valence electrons. The molecule has 0 fully saturated rings. The third-order valence-electron chi connectivity index (χ3n) is 4.31. The van der Waals surface area contributed by atoms with Gasteiger partial charge in [0.2, 0.25) is 10.0 Å². The topological polar surface area (TPSA) is 55.4 Å². The summed E-state index contributed by atoms with van der Waals surface area (Å²) < 4.78 is 33.3. The molecule has 0 spiro atoms. The second-order valence-corrected chi connectivity index (χ2v) is 7.92. The summed E-state index contributed by atoms with van der Waals surface area (Å²) in [5, 5.41) is 0. The van der Waals surface area contributed by atoms with E-state index in [0.29, 0.717) is 11.5 Å². The Labute approximate surface area is 143 Å². The molecule has 0 saturated carbocycles. The smallest absolute Gasteiger partial charge is 0.240 e. The highest BCUT2D eigenvalue weighted by Crippen LogP contribution is 2.20. The van der Waals surface area contributed by atoms with E-state index in [0.717, 1.165) is 24.8 Å². The first-order valence-electron chi connectivity index (χ1n) is 8.35. The van der Waals surface area contributed by atoms with Crippen molar-refractivity contribution < 1.29 is 13.2 Å². The highest BCUT2D eigenvalue weighted by molar-refractivity contribution is 7.89. The first-order valence-corrected chi connectivity index (χ1v) is 9.84. The number of fused-ring (bicyclic) bond motifs is 1. The molecule has 2 aromatic rings. The maximum absolute atomic E-state index is 12.4. The van der Waals surface area contributed by atoms with Crippen LogP contribution in [0.3, 0.4) is 0 Å². The van der Waals surface area contributed by atoms with Crippen LogP contribution in [-0.2, 0) is 34.2 Å². The Morgan fingerprint density at radius 2 is 1.79 bits per heavy atom. The first-order chi connectivity index (χ1) is 11.6. The highest BCUT2D eigenvalue weighted by Gasteiger charge is 2.21. The van der Waals surface area contributed by atoms with Gasteiger partial charge in [-0.2, -0.15) is 0 Å². The third kappa shape index (κ3) is 4.04. The Morgan fingerprint density at radius 3 is 2.50 bits per heavy atom. The van der Waals surface area contributed by atoms with Crippen molar-refractivity contribution in [2.75, 3.05) is 6.54 Å². The van der Waals surface area contributed by atoms with Gasteiger partial charge in [-0.25, -0.2) is 13.1 Å². The SMILES string of the molecule is CCCc1ccc(S(=O)(=O)NCC2Cc3ccccc3CO2)cc1. The maximum atomic E-state index is 12.4. The van der Waals surface area contributed by atoms with Crippen LogP contribution < -0.4 is 4.72 Å². The summed E-state index contributed by atoms with van der Waals surface area (Å²) in [5.41, 5.74) is 3.57. The molecule has 3 rings (SSSR count). The third-order valence-corrected chi connectivity index (χ3v) is 5.75. The van der Waals surface area contributed by atoms with Crippen LogP contribution in [0.5, 0.6) is 0 Å². The minimum atomic E-state index is -3.50. The lowest BCUT2D eigenvalue weighted by Crippen LogP contribution is -2.36. The van der Waals surface area contributed by atoms with Crippen molar-refractivity contribution >= 4 is 10.0 Å². The molecule has 1 heterocycles. The van der Waals surface area contributed by atoms with Gasteiger partial charge in [0.25, 0.3) is 0 Å². The summed E-state index contributed by atoms with van der Waals surface area (Å²) in [6, 6.07) is 15.2. The first kappa shape index (κ1) is 17.1. The Bertz CT molecular complexity index is 785. The normalized spacial score (nSPS) is 17.5. The van der Waals surface area contributed by atoms with Gasteiger partial charge in [0.05, 0.1) is 17.6 Å². The van der Waals surface area contributed by atoms with Crippen LogP contribution in [0.2, 0.25) is 0 Å². The number of aryl methyl sites for hydroxylation is 1. The maximum Gasteiger partial charge on any atom is 0.240 e. The summed E-state index contributed by atoms with van der Waals surface area (Å²) in [4.78, 5) is 0.304. The zero-order valence-electron chi connectivity index (χ0n) is 13.9. The fourth-order valence-corrected chi connectivity index (χ4v) is 4.02. The number of hydrogen-bond donors (Lipinski definition) is 1. The zero-order valence-corrected chi connectivity index (χ0v) is 14.7. The molecular weight excluding hydrogens is 322 g/mol. The van der Waals surface area contributed by atoms with Gasteiger partial charge >= 0.3 is 0 Å². The van der Waals surface area contributed by atoms with Crippen molar-refractivity contribution in [1.29, 1.82) is 0 Å². The van der Waals surface area contributed by atoms with Gasteiger partial charge in [-0.3, -0.25) is 0 Å². The van der Waals surface area contributed by atoms with E-state index in [2.05, 4.69) is 17.7 Å². The van der Waals surface area contributed by atoms with E-state index in [4.69, 9.17) is 4.74 Å². The molecule has 0 aliphatic carbocycles. The Morgan fingerprint density at radius 1 is 1.08 bits per heavy atom. The molecule has 0 radical (unpaired) electrons. The van der Waals surface area contributed by atoms with Gasteiger partial charge in [0, 0.05) is 13.0 Å². The van der Waals surface area contributed by atoms with Crippen LogP contribution in [0.25, 0.3) is 0 Å². The van der Waals surface area contributed by atoms with E-state index >= 15 is 0 Å². The molecule has 24 heavy (non-hydrogen) atoms. The second kappa shape index (κ2) is 7.47. The molecule has 1 unspecified atom stereocenters. The minimum absolute atomic E-state index is 0.131. The Kier molecular flexibility index (Phi) is 5.33. The summed E-state index contributed by atoms with van der Waals surface area (Å²) in [5.74, 6) is 0. The molecule has 1 aliphatic heterocycles. The lowest BCUT2D eigenvalue weighted by molar-refractivity contribution is 0.0322. The Balaban J connectivity index is 1.61. The fourth-order valence-electron chi connectivity index (χ4n) is 2.95. The minimum Gasteiger partial charge on any atom is -0.372 e. The van der Waals surface area contributed by atoms with Crippen molar-refractivity contribution in [3.8, 4) is 0 Å². The van der Waals surface area contributed by atoms with E-state index in [9.17, 15) is 8.42 Å². The molecule has 1 atom stereocenters. The van der Waals surface area contributed by atoms with Crippen molar-refractivity contribution in [2.45, 2.75) is 43.8 Å². The van der Waals surface area contributed by atoms with E-state index in [-0.39, 0.29) is 12.6 Å². The molecule has 0 saturated heterocycles. The van der Waals surface area contributed by atoms with Gasteiger partial charge in [0.15, 0.2) is 0 Å². The molecule has 1 N–H and O–H groups in total. The van der Waals surface area contributed by atoms with Crippen molar-refractivity contribution in [3.63, 3.8) is 0 Å². The lowest BCUT2D eigenvalue weighted by atomic mass is 9.99. The predicted octanol–water partition coefficient (Wildman–Crippen LogP) is 3.06. The zero-order chi connectivity index (χ0) is 17.0. The second-order valence-electron chi connectivity index (χ2n) is 6.15. The van der Waals surface area contributed by atoms with Crippen molar-refractivity contribution in [1.82, 2.24) is 4.72 Å². The molecule has 5 heteroatoms. The van der Waals surface area contributed by atoms with Gasteiger partial charge in [-0.1, -0.05) is 49.7 Å². The van der Waals surface area contributed by atoms with E-state index in [1.165, 1.54) is 11.1 Å². The molecule has 1 aliphatic rings. The molecule has 0 bridgehead atoms. The number of nitrogens with one attached hydrogen (secondary N) is 1. The molecular formula is C19H23NO3S. The van der Waals surface area contributed by atoms with Crippen LogP contribution >= 0.6 is 0 Å². The average Bonchev–Trinajstić information content (AvgIpc) is 2.61. The van der Waals surface area contributed by atoms with Crippen LogP contribution in [0.15, 0.2) is 53.4 Å². The van der Waals surface area contributed by atoms with Crippen LogP contribution in [0.4, 0.5) is 0 Å². The van der Waals surface area contributed by atoms with E-state index in [1.54, 1.807) is 12.1 Å². The number of benzene rings is 2. The van der Waals surface area contributed by atoms with Crippen LogP contribution in [0.1, 0.15) is 30.0 Å². The molecule has 0 aromatic heterocycles. The number of hydrogen-bond acceptors (Lipinski definition) is 3.